The van der Waals surface area contributed by atoms with Crippen LogP contribution in [0.2, 0.25) is 0 Å². The Hall–Kier alpha value is -2.36. The summed E-state index contributed by atoms with van der Waals surface area (Å²) in [6, 6.07) is 11.4. The third kappa shape index (κ3) is 2.73. The fraction of sp³-hybridized carbons (Fsp3) is 0.500. The normalized spacial score (nSPS) is 36.3. The first kappa shape index (κ1) is 17.7. The van der Waals surface area contributed by atoms with Gasteiger partial charge in [0.1, 0.15) is 5.75 Å². The first-order chi connectivity index (χ1) is 13.3. The van der Waals surface area contributed by atoms with Crippen molar-refractivity contribution in [3.63, 3.8) is 0 Å². The number of fused-ring (bicyclic) bond motifs is 1. The maximum absolute atomic E-state index is 13.2. The van der Waals surface area contributed by atoms with Crippen LogP contribution in [0.25, 0.3) is 10.8 Å². The van der Waals surface area contributed by atoms with Crippen molar-refractivity contribution < 1.29 is 9.90 Å². The number of carbonyl (C=O) groups is 1. The summed E-state index contributed by atoms with van der Waals surface area (Å²) in [4.78, 5) is 13.2. The number of nitrogens with zero attached hydrogens (tertiary/aromatic N) is 1. The van der Waals surface area contributed by atoms with Crippen LogP contribution in [0.1, 0.15) is 57.9 Å². The van der Waals surface area contributed by atoms with E-state index >= 15 is 0 Å². The van der Waals surface area contributed by atoms with Gasteiger partial charge in [-0.05, 0) is 72.1 Å². The van der Waals surface area contributed by atoms with E-state index in [1.807, 2.05) is 30.3 Å². The first-order valence-corrected chi connectivity index (χ1v) is 10.3. The second-order valence-corrected chi connectivity index (χ2v) is 10.3. The van der Waals surface area contributed by atoms with Crippen LogP contribution in [0.5, 0.6) is 5.75 Å². The minimum atomic E-state index is -0.277. The largest absolute Gasteiger partial charge is 0.507 e. The summed E-state index contributed by atoms with van der Waals surface area (Å²) >= 11 is 0. The van der Waals surface area contributed by atoms with Gasteiger partial charge >= 0.3 is 0 Å². The summed E-state index contributed by atoms with van der Waals surface area (Å²) in [6.45, 7) is 4.74. The number of carbonyl (C=O) groups excluding carboxylic acids is 1. The number of amides is 1. The van der Waals surface area contributed by atoms with Crippen molar-refractivity contribution in [2.24, 2.45) is 27.3 Å². The second kappa shape index (κ2) is 5.82. The predicted octanol–water partition coefficient (Wildman–Crippen LogP) is 4.99. The van der Waals surface area contributed by atoms with Gasteiger partial charge in [-0.15, -0.1) is 0 Å². The molecule has 4 aliphatic rings. The number of benzene rings is 2. The van der Waals surface area contributed by atoms with Gasteiger partial charge in [0.05, 0.1) is 11.6 Å². The maximum Gasteiger partial charge on any atom is 0.246 e. The Labute approximate surface area is 166 Å². The summed E-state index contributed by atoms with van der Waals surface area (Å²) in [7, 11) is 0. The molecule has 0 spiro atoms. The van der Waals surface area contributed by atoms with Crippen molar-refractivity contribution in [2.75, 3.05) is 0 Å². The predicted molar refractivity (Wildman–Crippen MR) is 111 cm³/mol. The molecule has 4 heteroatoms. The number of hydrogen-bond donors (Lipinski definition) is 2. The summed E-state index contributed by atoms with van der Waals surface area (Å²) in [5.41, 5.74) is 3.79. The molecule has 0 aliphatic heterocycles. The van der Waals surface area contributed by atoms with Crippen LogP contribution in [-0.4, -0.2) is 17.2 Å². The highest BCUT2D eigenvalue weighted by Gasteiger charge is 2.62. The zero-order valence-corrected chi connectivity index (χ0v) is 16.7. The zero-order chi connectivity index (χ0) is 19.6. The minimum absolute atomic E-state index is 0.0602. The molecule has 4 bridgehead atoms. The summed E-state index contributed by atoms with van der Waals surface area (Å²) < 4.78 is 0. The molecule has 0 saturated heterocycles. The SMILES string of the molecule is C[C@]12CC3CC(C(=O)N/N=C\c4c(O)ccc5ccccc45)(C1)C[C@@](C)(C3)C2. The summed E-state index contributed by atoms with van der Waals surface area (Å²) in [5, 5.41) is 16.5. The van der Waals surface area contributed by atoms with E-state index in [9.17, 15) is 9.90 Å². The minimum Gasteiger partial charge on any atom is -0.507 e. The topological polar surface area (TPSA) is 61.7 Å². The third-order valence-electron chi connectivity index (χ3n) is 7.42. The van der Waals surface area contributed by atoms with Gasteiger partial charge in [0.2, 0.25) is 5.91 Å². The van der Waals surface area contributed by atoms with Gasteiger partial charge in [0, 0.05) is 5.56 Å². The van der Waals surface area contributed by atoms with Crippen LogP contribution in [0.4, 0.5) is 0 Å². The van der Waals surface area contributed by atoms with E-state index in [2.05, 4.69) is 24.4 Å². The van der Waals surface area contributed by atoms with Crippen molar-refractivity contribution in [1.29, 1.82) is 0 Å². The van der Waals surface area contributed by atoms with E-state index in [4.69, 9.17) is 0 Å². The number of aromatic hydroxyl groups is 1. The Kier molecular flexibility index (Phi) is 3.68. The zero-order valence-electron chi connectivity index (χ0n) is 16.7. The number of hydrogen-bond acceptors (Lipinski definition) is 3. The molecule has 6 rings (SSSR count). The van der Waals surface area contributed by atoms with Gasteiger partial charge in [0.15, 0.2) is 0 Å². The van der Waals surface area contributed by atoms with Crippen LogP contribution in [0.15, 0.2) is 41.5 Å². The van der Waals surface area contributed by atoms with E-state index in [1.165, 1.54) is 19.3 Å². The number of rotatable bonds is 3. The lowest BCUT2D eigenvalue weighted by Crippen LogP contribution is -2.59. The molecular formula is C24H28N2O2. The molecule has 2 N–H and O–H groups in total. The summed E-state index contributed by atoms with van der Waals surface area (Å²) in [6.07, 6.45) is 8.33. The molecule has 28 heavy (non-hydrogen) atoms. The molecule has 146 valence electrons. The van der Waals surface area contributed by atoms with Crippen molar-refractivity contribution in [2.45, 2.75) is 52.4 Å². The Morgan fingerprint density at radius 3 is 2.50 bits per heavy atom. The molecule has 1 amide bonds. The van der Waals surface area contributed by atoms with Gasteiger partial charge in [-0.2, -0.15) is 5.10 Å². The first-order valence-electron chi connectivity index (χ1n) is 10.3. The van der Waals surface area contributed by atoms with E-state index < -0.39 is 0 Å². The number of hydrazone groups is 1. The van der Waals surface area contributed by atoms with Crippen molar-refractivity contribution in [3.8, 4) is 5.75 Å². The third-order valence-corrected chi connectivity index (χ3v) is 7.42. The van der Waals surface area contributed by atoms with Gasteiger partial charge in [0.25, 0.3) is 0 Å². The van der Waals surface area contributed by atoms with Crippen LogP contribution >= 0.6 is 0 Å². The van der Waals surface area contributed by atoms with Crippen molar-refractivity contribution in [1.82, 2.24) is 5.43 Å². The molecule has 2 unspecified atom stereocenters. The fourth-order valence-electron chi connectivity index (χ4n) is 7.39. The smallest absolute Gasteiger partial charge is 0.246 e. The molecule has 4 nitrogen and oxygen atoms in total. The van der Waals surface area contributed by atoms with E-state index in [-0.39, 0.29) is 17.1 Å². The molecule has 0 radical (unpaired) electrons. The van der Waals surface area contributed by atoms with E-state index in [0.717, 1.165) is 30.0 Å². The van der Waals surface area contributed by atoms with Crippen molar-refractivity contribution in [3.05, 3.63) is 42.0 Å². The van der Waals surface area contributed by atoms with E-state index in [1.54, 1.807) is 12.3 Å². The lowest BCUT2D eigenvalue weighted by molar-refractivity contribution is -0.170. The number of phenolic OH excluding ortho intramolecular Hbond substituents is 1. The standard InChI is InChI=1S/C24H28N2O2/c1-22-9-16-10-23(2,13-22)15-24(11-16,14-22)21(28)26-25-12-19-18-6-4-3-5-17(18)7-8-20(19)27/h3-8,12,16,27H,9-11,13-15H2,1-2H3,(H,26,28)/b25-12-/t16?,22-,23+,24?. The number of phenols is 1. The Bertz CT molecular complexity index is 977. The molecule has 4 atom stereocenters. The average Bonchev–Trinajstić information content (AvgIpc) is 2.60. The van der Waals surface area contributed by atoms with Gasteiger partial charge < -0.3 is 5.11 Å². The fourth-order valence-corrected chi connectivity index (χ4v) is 7.39. The Morgan fingerprint density at radius 1 is 1.07 bits per heavy atom. The molecule has 0 heterocycles. The monoisotopic (exact) mass is 376 g/mol. The van der Waals surface area contributed by atoms with Crippen LogP contribution in [0.3, 0.4) is 0 Å². The van der Waals surface area contributed by atoms with Crippen molar-refractivity contribution >= 4 is 22.9 Å². The quantitative estimate of drug-likeness (QED) is 0.585. The van der Waals surface area contributed by atoms with Crippen LogP contribution < -0.4 is 5.43 Å². The second-order valence-electron chi connectivity index (χ2n) is 10.3. The average molecular weight is 377 g/mol. The van der Waals surface area contributed by atoms with Gasteiger partial charge in [-0.25, -0.2) is 5.43 Å². The maximum atomic E-state index is 13.2. The molecule has 4 aliphatic carbocycles. The number of nitrogens with one attached hydrogen (secondary N) is 1. The van der Waals surface area contributed by atoms with Gasteiger partial charge in [-0.3, -0.25) is 4.79 Å². The highest BCUT2D eigenvalue weighted by molar-refractivity contribution is 6.02. The van der Waals surface area contributed by atoms with Crippen LogP contribution in [-0.2, 0) is 4.79 Å². The Morgan fingerprint density at radius 2 is 1.79 bits per heavy atom. The molecule has 2 aromatic carbocycles. The highest BCUT2D eigenvalue weighted by Crippen LogP contribution is 2.69. The lowest BCUT2D eigenvalue weighted by Gasteiger charge is -2.64. The molecule has 2 aromatic rings. The molecule has 4 fully saturated rings. The van der Waals surface area contributed by atoms with E-state index in [0.29, 0.717) is 22.3 Å². The summed E-state index contributed by atoms with van der Waals surface area (Å²) in [5.74, 6) is 0.902. The Balaban J connectivity index is 1.40. The lowest BCUT2D eigenvalue weighted by atomic mass is 9.40. The highest BCUT2D eigenvalue weighted by atomic mass is 16.3. The molecule has 0 aromatic heterocycles. The molecule has 4 saturated carbocycles. The van der Waals surface area contributed by atoms with Gasteiger partial charge in [-0.1, -0.05) is 44.2 Å². The molecular weight excluding hydrogens is 348 g/mol. The van der Waals surface area contributed by atoms with Crippen LogP contribution in [0, 0.1) is 22.2 Å².